The van der Waals surface area contributed by atoms with Crippen LogP contribution in [-0.2, 0) is 16.9 Å². The lowest BCUT2D eigenvalue weighted by molar-refractivity contribution is -0.119. The van der Waals surface area contributed by atoms with E-state index in [1.165, 1.54) is 10.8 Å². The molecule has 1 aromatic heterocycles. The van der Waals surface area contributed by atoms with Crippen LogP contribution in [0.3, 0.4) is 0 Å². The van der Waals surface area contributed by atoms with Gasteiger partial charge >= 0.3 is 5.69 Å². The van der Waals surface area contributed by atoms with Gasteiger partial charge in [0, 0.05) is 24.6 Å². The number of nitrogens with zero attached hydrogens (tertiary/aromatic N) is 1. The maximum atomic E-state index is 12.4. The Morgan fingerprint density at radius 1 is 1.35 bits per heavy atom. The van der Waals surface area contributed by atoms with Crippen LogP contribution in [0.15, 0.2) is 40.1 Å². The van der Waals surface area contributed by atoms with E-state index in [0.717, 1.165) is 5.56 Å². The summed E-state index contributed by atoms with van der Waals surface area (Å²) in [6, 6.07) is 7.26. The lowest BCUT2D eigenvalue weighted by Gasteiger charge is -2.31. The van der Waals surface area contributed by atoms with Gasteiger partial charge in [-0.1, -0.05) is 12.1 Å². The first-order valence-electron chi connectivity index (χ1n) is 8.31. The number of aromatic nitrogens is 2. The van der Waals surface area contributed by atoms with Gasteiger partial charge in [-0.05, 0) is 24.6 Å². The second-order valence-corrected chi connectivity index (χ2v) is 6.52. The SMILES string of the molecule is COc1ccc(C[C@]2(n3cc(C)c(=O)[nH]c3=O)C[C@H](O)[C@@H](CO)O2)cc1. The number of aliphatic hydroxyl groups is 2. The molecule has 1 fully saturated rings. The number of aromatic amines is 1. The number of benzene rings is 1. The third kappa shape index (κ3) is 3.31. The Kier molecular flexibility index (Phi) is 4.99. The predicted octanol–water partition coefficient (Wildman–Crippen LogP) is -0.109. The number of rotatable bonds is 5. The molecule has 3 N–H and O–H groups in total. The third-order valence-corrected chi connectivity index (χ3v) is 4.71. The average molecular weight is 362 g/mol. The Bertz CT molecular complexity index is 888. The van der Waals surface area contributed by atoms with Crippen molar-refractivity contribution < 1.29 is 19.7 Å². The second-order valence-electron chi connectivity index (χ2n) is 6.52. The number of aliphatic hydroxyl groups excluding tert-OH is 2. The highest BCUT2D eigenvalue weighted by atomic mass is 16.6. The summed E-state index contributed by atoms with van der Waals surface area (Å²) in [7, 11) is 1.57. The van der Waals surface area contributed by atoms with Gasteiger partial charge in [0.2, 0.25) is 0 Å². The molecule has 26 heavy (non-hydrogen) atoms. The predicted molar refractivity (Wildman–Crippen MR) is 93.3 cm³/mol. The van der Waals surface area contributed by atoms with Crippen molar-refractivity contribution in [3.8, 4) is 5.75 Å². The number of nitrogens with one attached hydrogen (secondary N) is 1. The number of methoxy groups -OCH3 is 1. The van der Waals surface area contributed by atoms with Crippen molar-refractivity contribution in [2.45, 2.75) is 37.7 Å². The van der Waals surface area contributed by atoms with E-state index in [1.807, 2.05) is 12.1 Å². The lowest BCUT2D eigenvalue weighted by atomic mass is 9.97. The van der Waals surface area contributed by atoms with Crippen LogP contribution >= 0.6 is 0 Å². The van der Waals surface area contributed by atoms with Gasteiger partial charge in [-0.25, -0.2) is 4.79 Å². The minimum atomic E-state index is -1.21. The molecular weight excluding hydrogens is 340 g/mol. The van der Waals surface area contributed by atoms with Gasteiger partial charge in [0.25, 0.3) is 5.56 Å². The second kappa shape index (κ2) is 7.06. The van der Waals surface area contributed by atoms with Gasteiger partial charge in [0.05, 0.1) is 19.8 Å². The van der Waals surface area contributed by atoms with E-state index in [0.29, 0.717) is 11.3 Å². The van der Waals surface area contributed by atoms with Crippen LogP contribution < -0.4 is 16.0 Å². The first-order valence-corrected chi connectivity index (χ1v) is 8.31. The quantitative estimate of drug-likeness (QED) is 0.684. The molecule has 8 heteroatoms. The molecule has 1 aromatic carbocycles. The fourth-order valence-corrected chi connectivity index (χ4v) is 3.31. The number of ether oxygens (including phenoxy) is 2. The Labute approximate surface area is 149 Å². The number of aryl methyl sites for hydroxylation is 1. The summed E-state index contributed by atoms with van der Waals surface area (Å²) in [4.78, 5) is 26.4. The van der Waals surface area contributed by atoms with Crippen molar-refractivity contribution >= 4 is 0 Å². The first kappa shape index (κ1) is 18.4. The molecule has 3 rings (SSSR count). The third-order valence-electron chi connectivity index (χ3n) is 4.71. The molecule has 0 radical (unpaired) electrons. The molecule has 1 saturated heterocycles. The van der Waals surface area contributed by atoms with E-state index in [1.54, 1.807) is 26.2 Å². The van der Waals surface area contributed by atoms with E-state index in [4.69, 9.17) is 9.47 Å². The fraction of sp³-hybridized carbons (Fsp3) is 0.444. The topological polar surface area (TPSA) is 114 Å². The van der Waals surface area contributed by atoms with E-state index in [9.17, 15) is 19.8 Å². The molecule has 0 saturated carbocycles. The summed E-state index contributed by atoms with van der Waals surface area (Å²) in [5.41, 5.74) is -1.10. The van der Waals surface area contributed by atoms with Crippen LogP contribution in [0.1, 0.15) is 17.5 Å². The minimum Gasteiger partial charge on any atom is -0.497 e. The van der Waals surface area contributed by atoms with Crippen molar-refractivity contribution in [3.05, 3.63) is 62.4 Å². The Morgan fingerprint density at radius 3 is 2.62 bits per heavy atom. The lowest BCUT2D eigenvalue weighted by Crippen LogP contribution is -2.46. The summed E-state index contributed by atoms with van der Waals surface area (Å²) < 4.78 is 12.4. The molecule has 1 aliphatic heterocycles. The largest absolute Gasteiger partial charge is 0.497 e. The molecule has 0 amide bonds. The summed E-state index contributed by atoms with van der Waals surface area (Å²) in [5, 5.41) is 19.7. The standard InChI is InChI=1S/C18H22N2O6/c1-11-9-20(17(24)19-16(11)23)18(8-14(22)15(10-21)26-18)7-12-3-5-13(25-2)6-4-12/h3-6,9,14-15,21-22H,7-8,10H2,1-2H3,(H,19,23,24)/t14-,15+,18+/m0/s1. The van der Waals surface area contributed by atoms with Crippen molar-refractivity contribution in [2.75, 3.05) is 13.7 Å². The highest BCUT2D eigenvalue weighted by Gasteiger charge is 2.47. The Balaban J connectivity index is 2.07. The molecule has 0 bridgehead atoms. The maximum absolute atomic E-state index is 12.4. The van der Waals surface area contributed by atoms with Crippen molar-refractivity contribution in [2.24, 2.45) is 0 Å². The van der Waals surface area contributed by atoms with Gasteiger partial charge in [-0.3, -0.25) is 14.3 Å². The van der Waals surface area contributed by atoms with Gasteiger partial charge < -0.3 is 19.7 Å². The molecule has 0 spiro atoms. The van der Waals surface area contributed by atoms with Gasteiger partial charge in [-0.15, -0.1) is 0 Å². The van der Waals surface area contributed by atoms with Crippen molar-refractivity contribution in [1.29, 1.82) is 0 Å². The Hall–Kier alpha value is -2.42. The zero-order valence-electron chi connectivity index (χ0n) is 14.6. The smallest absolute Gasteiger partial charge is 0.330 e. The van der Waals surface area contributed by atoms with E-state index in [-0.39, 0.29) is 19.4 Å². The molecule has 140 valence electrons. The summed E-state index contributed by atoms with van der Waals surface area (Å²) in [6.07, 6.45) is 0.0627. The van der Waals surface area contributed by atoms with Crippen LogP contribution in [0.5, 0.6) is 5.75 Å². The normalized spacial score (nSPS) is 25.4. The number of hydrogen-bond acceptors (Lipinski definition) is 6. The summed E-state index contributed by atoms with van der Waals surface area (Å²) in [6.45, 7) is 1.22. The van der Waals surface area contributed by atoms with Gasteiger partial charge in [0.15, 0.2) is 5.72 Å². The van der Waals surface area contributed by atoms with Gasteiger partial charge in [-0.2, -0.15) is 0 Å². The van der Waals surface area contributed by atoms with E-state index >= 15 is 0 Å². The molecule has 0 aliphatic carbocycles. The molecular formula is C18H22N2O6. The van der Waals surface area contributed by atoms with Crippen LogP contribution in [0, 0.1) is 6.92 Å². The summed E-state index contributed by atoms with van der Waals surface area (Å²) >= 11 is 0. The highest BCUT2D eigenvalue weighted by Crippen LogP contribution is 2.37. The van der Waals surface area contributed by atoms with Crippen molar-refractivity contribution in [1.82, 2.24) is 9.55 Å². The van der Waals surface area contributed by atoms with E-state index in [2.05, 4.69) is 4.98 Å². The number of H-pyrrole nitrogens is 1. The molecule has 8 nitrogen and oxygen atoms in total. The average Bonchev–Trinajstić information content (AvgIpc) is 2.95. The van der Waals surface area contributed by atoms with Gasteiger partial charge in [0.1, 0.15) is 11.9 Å². The number of hydrogen-bond donors (Lipinski definition) is 3. The minimum absolute atomic E-state index is 0.107. The monoisotopic (exact) mass is 362 g/mol. The highest BCUT2D eigenvalue weighted by molar-refractivity contribution is 5.28. The van der Waals surface area contributed by atoms with Crippen LogP contribution in [0.2, 0.25) is 0 Å². The molecule has 3 atom stereocenters. The molecule has 2 aromatic rings. The zero-order valence-corrected chi connectivity index (χ0v) is 14.6. The maximum Gasteiger partial charge on any atom is 0.330 e. The van der Waals surface area contributed by atoms with Crippen LogP contribution in [-0.4, -0.2) is 45.7 Å². The molecule has 1 aliphatic rings. The molecule has 2 heterocycles. The van der Waals surface area contributed by atoms with Crippen LogP contribution in [0.25, 0.3) is 0 Å². The van der Waals surface area contributed by atoms with Crippen LogP contribution in [0.4, 0.5) is 0 Å². The summed E-state index contributed by atoms with van der Waals surface area (Å²) in [5.74, 6) is 0.695. The van der Waals surface area contributed by atoms with E-state index < -0.39 is 29.2 Å². The van der Waals surface area contributed by atoms with Crippen molar-refractivity contribution in [3.63, 3.8) is 0 Å². The zero-order chi connectivity index (χ0) is 18.9. The fourth-order valence-electron chi connectivity index (χ4n) is 3.31. The Morgan fingerprint density at radius 2 is 2.04 bits per heavy atom. The first-order chi connectivity index (χ1) is 12.4. The molecule has 0 unspecified atom stereocenters.